The van der Waals surface area contributed by atoms with Crippen molar-refractivity contribution in [2.24, 2.45) is 0 Å². The van der Waals surface area contributed by atoms with Crippen molar-refractivity contribution >= 4 is 17.5 Å². The first kappa shape index (κ1) is 18.5. The number of fused-ring (bicyclic) bond motifs is 1. The number of aryl methyl sites for hydroxylation is 1. The Kier molecular flexibility index (Phi) is 5.58. The lowest BCUT2D eigenvalue weighted by molar-refractivity contribution is -0.121. The number of halogens is 1. The highest BCUT2D eigenvalue weighted by molar-refractivity contribution is 6.31. The van der Waals surface area contributed by atoms with Crippen LogP contribution in [0.15, 0.2) is 67.0 Å². The maximum absolute atomic E-state index is 12.2. The molecule has 1 aliphatic heterocycles. The minimum Gasteiger partial charge on any atom is -0.487 e. The van der Waals surface area contributed by atoms with Crippen molar-refractivity contribution in [3.05, 3.63) is 83.1 Å². The maximum atomic E-state index is 12.2. The Morgan fingerprint density at radius 1 is 1.11 bits per heavy atom. The van der Waals surface area contributed by atoms with E-state index >= 15 is 0 Å². The summed E-state index contributed by atoms with van der Waals surface area (Å²) in [6.45, 7) is 0.492. The van der Waals surface area contributed by atoms with Gasteiger partial charge in [0, 0.05) is 35.8 Å². The number of benzene rings is 2. The van der Waals surface area contributed by atoms with E-state index in [0.29, 0.717) is 24.4 Å². The zero-order valence-electron chi connectivity index (χ0n) is 15.4. The van der Waals surface area contributed by atoms with Crippen LogP contribution in [-0.2, 0) is 17.6 Å². The molecule has 1 N–H and O–H groups in total. The van der Waals surface area contributed by atoms with Gasteiger partial charge >= 0.3 is 0 Å². The Balaban J connectivity index is 1.33. The molecule has 0 fully saturated rings. The number of carbonyl (C=O) groups excluding carboxylic acids is 1. The molecule has 0 bridgehead atoms. The van der Waals surface area contributed by atoms with Gasteiger partial charge in [-0.05, 0) is 41.3 Å². The van der Waals surface area contributed by atoms with Crippen molar-refractivity contribution in [1.82, 2.24) is 10.3 Å². The SMILES string of the molecule is O=C(CCc1ccccc1Cl)NC[C@@H]1Cc2cccc(-c3ccncc3)c2O1. The Labute approximate surface area is 169 Å². The molecule has 1 amide bonds. The zero-order valence-corrected chi connectivity index (χ0v) is 16.2. The van der Waals surface area contributed by atoms with Crippen LogP contribution in [0.1, 0.15) is 17.5 Å². The second kappa shape index (κ2) is 8.44. The molecule has 142 valence electrons. The van der Waals surface area contributed by atoms with Crippen molar-refractivity contribution in [2.45, 2.75) is 25.4 Å². The molecule has 0 saturated carbocycles. The summed E-state index contributed by atoms with van der Waals surface area (Å²) < 4.78 is 6.17. The number of hydrogen-bond donors (Lipinski definition) is 1. The summed E-state index contributed by atoms with van der Waals surface area (Å²) in [5, 5.41) is 3.69. The molecular weight excluding hydrogens is 372 g/mol. The highest BCUT2D eigenvalue weighted by Crippen LogP contribution is 2.38. The van der Waals surface area contributed by atoms with Crippen LogP contribution >= 0.6 is 11.6 Å². The average Bonchev–Trinajstić information content (AvgIpc) is 3.15. The average molecular weight is 393 g/mol. The van der Waals surface area contributed by atoms with Crippen LogP contribution in [0.4, 0.5) is 0 Å². The predicted molar refractivity (Wildman–Crippen MR) is 111 cm³/mol. The summed E-state index contributed by atoms with van der Waals surface area (Å²) in [5.74, 6) is 0.915. The molecule has 0 aliphatic carbocycles. The van der Waals surface area contributed by atoms with Crippen molar-refractivity contribution in [1.29, 1.82) is 0 Å². The maximum Gasteiger partial charge on any atom is 0.220 e. The summed E-state index contributed by atoms with van der Waals surface area (Å²) in [6, 6.07) is 17.8. The van der Waals surface area contributed by atoms with Crippen LogP contribution in [0.25, 0.3) is 11.1 Å². The topological polar surface area (TPSA) is 51.2 Å². The van der Waals surface area contributed by atoms with E-state index in [-0.39, 0.29) is 12.0 Å². The molecule has 0 unspecified atom stereocenters. The molecule has 1 aliphatic rings. The van der Waals surface area contributed by atoms with Crippen LogP contribution in [0, 0.1) is 0 Å². The second-order valence-electron chi connectivity index (χ2n) is 6.87. The Morgan fingerprint density at radius 2 is 1.93 bits per heavy atom. The van der Waals surface area contributed by atoms with Crippen LogP contribution in [0.5, 0.6) is 5.75 Å². The first-order chi connectivity index (χ1) is 13.7. The second-order valence-corrected chi connectivity index (χ2v) is 7.28. The van der Waals surface area contributed by atoms with Gasteiger partial charge in [-0.15, -0.1) is 0 Å². The number of para-hydroxylation sites is 1. The molecule has 0 radical (unpaired) electrons. The number of amides is 1. The van der Waals surface area contributed by atoms with Crippen LogP contribution in [0.2, 0.25) is 5.02 Å². The fourth-order valence-electron chi connectivity index (χ4n) is 3.48. The van der Waals surface area contributed by atoms with E-state index < -0.39 is 0 Å². The van der Waals surface area contributed by atoms with Gasteiger partial charge in [-0.2, -0.15) is 0 Å². The van der Waals surface area contributed by atoms with Crippen molar-refractivity contribution in [2.75, 3.05) is 6.54 Å². The van der Waals surface area contributed by atoms with Gasteiger partial charge in [0.2, 0.25) is 5.91 Å². The van der Waals surface area contributed by atoms with Gasteiger partial charge < -0.3 is 10.1 Å². The lowest BCUT2D eigenvalue weighted by Gasteiger charge is -2.14. The van der Waals surface area contributed by atoms with E-state index in [1.807, 2.05) is 42.5 Å². The van der Waals surface area contributed by atoms with Gasteiger partial charge in [0.1, 0.15) is 11.9 Å². The minimum absolute atomic E-state index is 0.00818. The summed E-state index contributed by atoms with van der Waals surface area (Å²) in [4.78, 5) is 16.3. The number of aromatic nitrogens is 1. The van der Waals surface area contributed by atoms with E-state index in [9.17, 15) is 4.79 Å². The number of ether oxygens (including phenoxy) is 1. The van der Waals surface area contributed by atoms with E-state index in [1.54, 1.807) is 12.4 Å². The molecule has 1 aromatic heterocycles. The molecule has 4 rings (SSSR count). The third-order valence-electron chi connectivity index (χ3n) is 4.93. The summed E-state index contributed by atoms with van der Waals surface area (Å²) in [7, 11) is 0. The van der Waals surface area contributed by atoms with Crippen molar-refractivity contribution < 1.29 is 9.53 Å². The normalized spacial score (nSPS) is 15.0. The van der Waals surface area contributed by atoms with Crippen LogP contribution in [-0.4, -0.2) is 23.5 Å². The number of rotatable bonds is 6. The Morgan fingerprint density at radius 3 is 2.75 bits per heavy atom. The van der Waals surface area contributed by atoms with Crippen LogP contribution in [0.3, 0.4) is 0 Å². The van der Waals surface area contributed by atoms with E-state index in [1.165, 1.54) is 5.56 Å². The third kappa shape index (κ3) is 4.18. The van der Waals surface area contributed by atoms with Crippen molar-refractivity contribution in [3.63, 3.8) is 0 Å². The molecule has 0 spiro atoms. The zero-order chi connectivity index (χ0) is 19.3. The smallest absolute Gasteiger partial charge is 0.220 e. The fraction of sp³-hybridized carbons (Fsp3) is 0.217. The molecule has 3 aromatic rings. The highest BCUT2D eigenvalue weighted by atomic mass is 35.5. The molecule has 2 heterocycles. The van der Waals surface area contributed by atoms with E-state index in [0.717, 1.165) is 28.9 Å². The van der Waals surface area contributed by atoms with Gasteiger partial charge in [0.25, 0.3) is 0 Å². The van der Waals surface area contributed by atoms with E-state index in [4.69, 9.17) is 16.3 Å². The summed E-state index contributed by atoms with van der Waals surface area (Å²) >= 11 is 6.15. The fourth-order valence-corrected chi connectivity index (χ4v) is 3.71. The molecule has 1 atom stereocenters. The lowest BCUT2D eigenvalue weighted by atomic mass is 10.0. The Hall–Kier alpha value is -2.85. The number of pyridine rings is 1. The number of nitrogens with one attached hydrogen (secondary N) is 1. The first-order valence-electron chi connectivity index (χ1n) is 9.40. The van der Waals surface area contributed by atoms with Gasteiger partial charge in [-0.3, -0.25) is 9.78 Å². The summed E-state index contributed by atoms with van der Waals surface area (Å²) in [5.41, 5.74) is 4.30. The highest BCUT2D eigenvalue weighted by Gasteiger charge is 2.26. The van der Waals surface area contributed by atoms with Gasteiger partial charge in [-0.25, -0.2) is 0 Å². The third-order valence-corrected chi connectivity index (χ3v) is 5.29. The van der Waals surface area contributed by atoms with Gasteiger partial charge in [0.15, 0.2) is 0 Å². The first-order valence-corrected chi connectivity index (χ1v) is 9.77. The standard InChI is InChI=1S/C23H21ClN2O2/c24-21-7-2-1-4-17(21)8-9-22(27)26-15-19-14-18-5-3-6-20(23(18)28-19)16-10-12-25-13-11-16/h1-7,10-13,19H,8-9,14-15H2,(H,26,27)/t19-/m0/s1. The summed E-state index contributed by atoms with van der Waals surface area (Å²) in [6.07, 6.45) is 5.33. The van der Waals surface area contributed by atoms with Gasteiger partial charge in [0.05, 0.1) is 6.54 Å². The molecule has 2 aromatic carbocycles. The molecule has 5 heteroatoms. The number of carbonyl (C=O) groups is 1. The quantitative estimate of drug-likeness (QED) is 0.674. The van der Waals surface area contributed by atoms with E-state index in [2.05, 4.69) is 22.4 Å². The Bertz CT molecular complexity index is 975. The largest absolute Gasteiger partial charge is 0.487 e. The molecular formula is C23H21ClN2O2. The number of nitrogens with zero attached hydrogens (tertiary/aromatic N) is 1. The van der Waals surface area contributed by atoms with Crippen LogP contribution < -0.4 is 10.1 Å². The minimum atomic E-state index is -0.0535. The number of hydrogen-bond acceptors (Lipinski definition) is 3. The lowest BCUT2D eigenvalue weighted by Crippen LogP contribution is -2.34. The molecule has 28 heavy (non-hydrogen) atoms. The molecule has 4 nitrogen and oxygen atoms in total. The van der Waals surface area contributed by atoms with Gasteiger partial charge in [-0.1, -0.05) is 48.0 Å². The molecule has 0 saturated heterocycles. The van der Waals surface area contributed by atoms with Crippen molar-refractivity contribution in [3.8, 4) is 16.9 Å². The monoisotopic (exact) mass is 392 g/mol. The predicted octanol–water partition coefficient (Wildman–Crippen LogP) is 4.45.